The fourth-order valence-electron chi connectivity index (χ4n) is 1.52. The molecule has 0 radical (unpaired) electrons. The van der Waals surface area contributed by atoms with Crippen LogP contribution in [0.5, 0.6) is 0 Å². The van der Waals surface area contributed by atoms with Crippen LogP contribution in [0, 0.1) is 10.1 Å². The van der Waals surface area contributed by atoms with E-state index in [1.807, 2.05) is 0 Å². The summed E-state index contributed by atoms with van der Waals surface area (Å²) in [6.07, 6.45) is -1.44. The molecule has 0 atom stereocenters. The molecule has 0 bridgehead atoms. The second-order valence-electron chi connectivity index (χ2n) is 3.67. The van der Waals surface area contributed by atoms with Gasteiger partial charge in [-0.15, -0.1) is 0 Å². The van der Waals surface area contributed by atoms with Crippen LogP contribution in [0.3, 0.4) is 0 Å². The van der Waals surface area contributed by atoms with Crippen LogP contribution in [-0.4, -0.2) is 10.1 Å². The van der Waals surface area contributed by atoms with Gasteiger partial charge in [-0.2, -0.15) is 0 Å². The first-order chi connectivity index (χ1) is 9.08. The number of benzene rings is 1. The van der Waals surface area contributed by atoms with Crippen LogP contribution >= 0.6 is 0 Å². The molecule has 1 N–H and O–H groups in total. The van der Waals surface area contributed by atoms with Gasteiger partial charge < -0.3 is 9.84 Å². The van der Waals surface area contributed by atoms with Crippen molar-refractivity contribution >= 4 is 11.4 Å². The number of aromatic nitrogens is 1. The molecule has 0 aliphatic carbocycles. The highest BCUT2D eigenvalue weighted by Crippen LogP contribution is 2.30. The zero-order valence-electron chi connectivity index (χ0n) is 9.55. The molecule has 100 valence electrons. The summed E-state index contributed by atoms with van der Waals surface area (Å²) in [5.41, 5.74) is -0.123. The zero-order chi connectivity index (χ0) is 13.8. The van der Waals surface area contributed by atoms with Gasteiger partial charge in [0.25, 0.3) is 12.1 Å². The second kappa shape index (κ2) is 5.42. The second-order valence-corrected chi connectivity index (χ2v) is 3.67. The van der Waals surface area contributed by atoms with Crippen LogP contribution in [0.2, 0.25) is 0 Å². The quantitative estimate of drug-likeness (QED) is 0.666. The highest BCUT2D eigenvalue weighted by Gasteiger charge is 2.17. The van der Waals surface area contributed by atoms with E-state index >= 15 is 0 Å². The topological polar surface area (TPSA) is 81.2 Å². The standard InChI is InChI=1S/C11H9F2N3O3/c12-11(13)9-5-8(16(17)18)1-2-10(9)14-6-7-3-4-19-15-7/h1-5,11,14H,6H2. The van der Waals surface area contributed by atoms with E-state index in [9.17, 15) is 18.9 Å². The number of alkyl halides is 2. The van der Waals surface area contributed by atoms with Crippen molar-refractivity contribution in [2.45, 2.75) is 13.0 Å². The van der Waals surface area contributed by atoms with Crippen molar-refractivity contribution in [3.63, 3.8) is 0 Å². The number of anilines is 1. The average molecular weight is 269 g/mol. The number of rotatable bonds is 5. The van der Waals surface area contributed by atoms with Crippen molar-refractivity contribution in [3.8, 4) is 0 Å². The van der Waals surface area contributed by atoms with Crippen molar-refractivity contribution in [1.82, 2.24) is 5.16 Å². The van der Waals surface area contributed by atoms with E-state index in [4.69, 9.17) is 0 Å². The third-order valence-electron chi connectivity index (χ3n) is 2.43. The lowest BCUT2D eigenvalue weighted by Gasteiger charge is -2.10. The van der Waals surface area contributed by atoms with E-state index in [0.717, 1.165) is 12.1 Å². The van der Waals surface area contributed by atoms with Crippen molar-refractivity contribution < 1.29 is 18.2 Å². The number of nitro groups is 1. The Hall–Kier alpha value is -2.51. The van der Waals surface area contributed by atoms with Gasteiger partial charge in [0.15, 0.2) is 0 Å². The summed E-state index contributed by atoms with van der Waals surface area (Å²) in [4.78, 5) is 9.83. The number of hydrogen-bond acceptors (Lipinski definition) is 5. The van der Waals surface area contributed by atoms with E-state index in [-0.39, 0.29) is 17.9 Å². The summed E-state index contributed by atoms with van der Waals surface area (Å²) in [5.74, 6) is 0. The predicted octanol–water partition coefficient (Wildman–Crippen LogP) is 3.13. The maximum atomic E-state index is 12.8. The molecule has 19 heavy (non-hydrogen) atoms. The Bertz CT molecular complexity index is 573. The maximum absolute atomic E-state index is 12.8. The van der Waals surface area contributed by atoms with Gasteiger partial charge in [0.05, 0.1) is 11.5 Å². The molecule has 0 unspecified atom stereocenters. The van der Waals surface area contributed by atoms with Crippen molar-refractivity contribution in [1.29, 1.82) is 0 Å². The smallest absolute Gasteiger partial charge is 0.270 e. The van der Waals surface area contributed by atoms with Crippen LogP contribution in [0.1, 0.15) is 17.7 Å². The molecule has 0 saturated heterocycles. The van der Waals surface area contributed by atoms with Gasteiger partial charge in [0, 0.05) is 29.4 Å². The van der Waals surface area contributed by atoms with Gasteiger partial charge >= 0.3 is 0 Å². The SMILES string of the molecule is O=[N+]([O-])c1ccc(NCc2ccon2)c(C(F)F)c1. The zero-order valence-corrected chi connectivity index (χ0v) is 9.55. The average Bonchev–Trinajstić information content (AvgIpc) is 2.89. The number of halogens is 2. The fraction of sp³-hybridized carbons (Fsp3) is 0.182. The van der Waals surface area contributed by atoms with E-state index in [1.54, 1.807) is 6.07 Å². The predicted molar refractivity (Wildman–Crippen MR) is 61.9 cm³/mol. The highest BCUT2D eigenvalue weighted by molar-refractivity contribution is 5.56. The van der Waals surface area contributed by atoms with Crippen LogP contribution in [0.4, 0.5) is 20.2 Å². The van der Waals surface area contributed by atoms with E-state index in [1.165, 1.54) is 12.3 Å². The van der Waals surface area contributed by atoms with Gasteiger partial charge in [-0.3, -0.25) is 10.1 Å². The first-order valence-corrected chi connectivity index (χ1v) is 5.27. The van der Waals surface area contributed by atoms with Gasteiger partial charge in [0.2, 0.25) is 0 Å². The summed E-state index contributed by atoms with van der Waals surface area (Å²) in [5, 5.41) is 16.9. The van der Waals surface area contributed by atoms with E-state index < -0.39 is 16.9 Å². The first kappa shape index (κ1) is 12.9. The Morgan fingerprint density at radius 1 is 1.42 bits per heavy atom. The summed E-state index contributed by atoms with van der Waals surface area (Å²) < 4.78 is 30.3. The largest absolute Gasteiger partial charge is 0.379 e. The van der Waals surface area contributed by atoms with Crippen LogP contribution in [0.15, 0.2) is 35.1 Å². The molecule has 2 rings (SSSR count). The molecular weight excluding hydrogens is 260 g/mol. The summed E-state index contributed by atoms with van der Waals surface area (Å²) >= 11 is 0. The minimum absolute atomic E-state index is 0.128. The normalized spacial score (nSPS) is 10.7. The molecule has 2 aromatic rings. The Morgan fingerprint density at radius 3 is 2.79 bits per heavy atom. The molecule has 0 amide bonds. The van der Waals surface area contributed by atoms with Gasteiger partial charge in [-0.1, -0.05) is 5.16 Å². The van der Waals surface area contributed by atoms with Crippen molar-refractivity contribution in [2.24, 2.45) is 0 Å². The molecule has 0 aliphatic heterocycles. The van der Waals surface area contributed by atoms with Crippen molar-refractivity contribution in [2.75, 3.05) is 5.32 Å². The monoisotopic (exact) mass is 269 g/mol. The molecule has 0 spiro atoms. The van der Waals surface area contributed by atoms with E-state index in [2.05, 4.69) is 15.0 Å². The van der Waals surface area contributed by atoms with Gasteiger partial charge in [0.1, 0.15) is 12.0 Å². The molecule has 8 heteroatoms. The Morgan fingerprint density at radius 2 is 2.21 bits per heavy atom. The lowest BCUT2D eigenvalue weighted by Crippen LogP contribution is -2.03. The van der Waals surface area contributed by atoms with Crippen LogP contribution in [-0.2, 0) is 6.54 Å². The number of non-ortho nitro benzene ring substituents is 1. The number of hydrogen-bond donors (Lipinski definition) is 1. The molecule has 0 fully saturated rings. The minimum atomic E-state index is -2.81. The molecule has 0 aliphatic rings. The molecule has 6 nitrogen and oxygen atoms in total. The Kier molecular flexibility index (Phi) is 3.69. The van der Waals surface area contributed by atoms with Crippen LogP contribution < -0.4 is 5.32 Å². The summed E-state index contributed by atoms with van der Waals surface area (Å²) in [6, 6.07) is 4.85. The Labute approximate surface area is 106 Å². The number of nitrogens with zero attached hydrogens (tertiary/aromatic N) is 2. The molecule has 1 aromatic carbocycles. The third kappa shape index (κ3) is 3.03. The lowest BCUT2D eigenvalue weighted by atomic mass is 10.1. The van der Waals surface area contributed by atoms with Gasteiger partial charge in [-0.05, 0) is 6.07 Å². The summed E-state index contributed by atoms with van der Waals surface area (Å²) in [6.45, 7) is 0.189. The minimum Gasteiger partial charge on any atom is -0.379 e. The molecule has 0 saturated carbocycles. The van der Waals surface area contributed by atoms with Crippen LogP contribution in [0.25, 0.3) is 0 Å². The highest BCUT2D eigenvalue weighted by atomic mass is 19.3. The summed E-state index contributed by atoms with van der Waals surface area (Å²) in [7, 11) is 0. The number of nitro benzene ring substituents is 1. The molecule has 1 aromatic heterocycles. The van der Waals surface area contributed by atoms with E-state index in [0.29, 0.717) is 5.69 Å². The van der Waals surface area contributed by atoms with Crippen molar-refractivity contribution in [3.05, 3.63) is 51.9 Å². The Balaban J connectivity index is 2.21. The maximum Gasteiger partial charge on any atom is 0.270 e. The molecule has 1 heterocycles. The fourth-order valence-corrected chi connectivity index (χ4v) is 1.52. The number of nitrogens with one attached hydrogen (secondary N) is 1. The first-order valence-electron chi connectivity index (χ1n) is 5.27. The third-order valence-corrected chi connectivity index (χ3v) is 2.43. The lowest BCUT2D eigenvalue weighted by molar-refractivity contribution is -0.385. The van der Waals surface area contributed by atoms with Gasteiger partial charge in [-0.25, -0.2) is 8.78 Å². The molecular formula is C11H9F2N3O3.